The van der Waals surface area contributed by atoms with Crippen LogP contribution < -0.4 is 0 Å². The van der Waals surface area contributed by atoms with Crippen molar-refractivity contribution in [3.63, 3.8) is 0 Å². The molecule has 0 unspecified atom stereocenters. The van der Waals surface area contributed by atoms with Crippen LogP contribution in [0.1, 0.15) is 19.8 Å². The van der Waals surface area contributed by atoms with Gasteiger partial charge in [0.15, 0.2) is 0 Å². The lowest BCUT2D eigenvalue weighted by Crippen LogP contribution is -1.98. The third-order valence-corrected chi connectivity index (χ3v) is 1.82. The van der Waals surface area contributed by atoms with Gasteiger partial charge in [-0.15, -0.1) is 0 Å². The Morgan fingerprint density at radius 1 is 1.38 bits per heavy atom. The van der Waals surface area contributed by atoms with Crippen molar-refractivity contribution in [3.05, 3.63) is 21.6 Å². The van der Waals surface area contributed by atoms with Crippen LogP contribution in [-0.4, -0.2) is 12.6 Å². The number of esters is 1. The van der Waals surface area contributed by atoms with Crippen molar-refractivity contribution in [2.75, 3.05) is 6.61 Å². The summed E-state index contributed by atoms with van der Waals surface area (Å²) in [5.41, 5.74) is 0. The van der Waals surface area contributed by atoms with Gasteiger partial charge in [-0.05, 0) is 51.6 Å². The number of rotatable bonds is 5. The molecule has 0 aliphatic carbocycles. The van der Waals surface area contributed by atoms with E-state index in [2.05, 4.69) is 31.9 Å². The molecule has 0 saturated heterocycles. The van der Waals surface area contributed by atoms with Gasteiger partial charge >= 0.3 is 5.97 Å². The van der Waals surface area contributed by atoms with Gasteiger partial charge in [0.1, 0.15) is 0 Å². The molecule has 4 heteroatoms. The topological polar surface area (TPSA) is 26.3 Å². The highest BCUT2D eigenvalue weighted by Gasteiger charge is 1.91. The Morgan fingerprint density at radius 3 is 2.62 bits per heavy atom. The molecule has 0 aromatic carbocycles. The number of carbonyl (C=O) groups is 1. The summed E-state index contributed by atoms with van der Waals surface area (Å²) in [6.07, 6.45) is 6.97. The van der Waals surface area contributed by atoms with Gasteiger partial charge in [-0.1, -0.05) is 12.2 Å². The Labute approximate surface area is 95.3 Å². The predicted octanol–water partition coefficient (Wildman–Crippen LogP) is 3.52. The van der Waals surface area contributed by atoms with Crippen LogP contribution in [0.25, 0.3) is 0 Å². The van der Waals surface area contributed by atoms with E-state index in [1.807, 2.05) is 6.08 Å². The molecule has 0 aliphatic heterocycles. The fraction of sp³-hybridized carbons (Fsp3) is 0.444. The quantitative estimate of drug-likeness (QED) is 0.441. The fourth-order valence-corrected chi connectivity index (χ4v) is 1.12. The Balaban J connectivity index is 3.52. The minimum Gasteiger partial charge on any atom is -0.463 e. The number of hydrogen-bond donors (Lipinski definition) is 0. The van der Waals surface area contributed by atoms with Gasteiger partial charge < -0.3 is 4.74 Å². The minimum absolute atomic E-state index is 0.274. The van der Waals surface area contributed by atoms with E-state index in [9.17, 15) is 4.79 Å². The molecule has 13 heavy (non-hydrogen) atoms. The standard InChI is InChI=1S/C9H12Br2O2/c1-2-13-9(12)7-5-3-4-6-8(10)11/h5-7H,2-4H2,1H3/b7-5+. The summed E-state index contributed by atoms with van der Waals surface area (Å²) in [7, 11) is 0. The van der Waals surface area contributed by atoms with Gasteiger partial charge in [-0.3, -0.25) is 0 Å². The van der Waals surface area contributed by atoms with Gasteiger partial charge in [0, 0.05) is 6.08 Å². The second-order valence-electron chi connectivity index (χ2n) is 2.23. The van der Waals surface area contributed by atoms with E-state index >= 15 is 0 Å². The number of allylic oxidation sites excluding steroid dienone is 2. The Morgan fingerprint density at radius 2 is 2.08 bits per heavy atom. The molecule has 0 atom stereocenters. The molecular formula is C9H12Br2O2. The normalized spacial score (nSPS) is 10.1. The minimum atomic E-state index is -0.274. The average molecular weight is 312 g/mol. The maximum atomic E-state index is 10.8. The molecule has 0 radical (unpaired) electrons. The van der Waals surface area contributed by atoms with E-state index in [1.165, 1.54) is 6.08 Å². The van der Waals surface area contributed by atoms with Crippen molar-refractivity contribution in [2.24, 2.45) is 0 Å². The van der Waals surface area contributed by atoms with Crippen molar-refractivity contribution in [2.45, 2.75) is 19.8 Å². The van der Waals surface area contributed by atoms with Crippen LogP contribution >= 0.6 is 31.9 Å². The maximum Gasteiger partial charge on any atom is 0.330 e. The second kappa shape index (κ2) is 8.51. The van der Waals surface area contributed by atoms with Crippen molar-refractivity contribution >= 4 is 37.8 Å². The van der Waals surface area contributed by atoms with Crippen molar-refractivity contribution in [3.8, 4) is 0 Å². The van der Waals surface area contributed by atoms with E-state index in [0.29, 0.717) is 6.61 Å². The summed E-state index contributed by atoms with van der Waals surface area (Å²) >= 11 is 6.48. The summed E-state index contributed by atoms with van der Waals surface area (Å²) < 4.78 is 5.64. The largest absolute Gasteiger partial charge is 0.463 e. The zero-order chi connectivity index (χ0) is 10.1. The molecule has 74 valence electrons. The molecular weight excluding hydrogens is 300 g/mol. The first kappa shape index (κ1) is 12.9. The lowest BCUT2D eigenvalue weighted by molar-refractivity contribution is -0.137. The lowest BCUT2D eigenvalue weighted by atomic mass is 10.3. The highest BCUT2D eigenvalue weighted by atomic mass is 79.9. The zero-order valence-corrected chi connectivity index (χ0v) is 10.6. The summed E-state index contributed by atoms with van der Waals surface area (Å²) in [4.78, 5) is 10.8. The van der Waals surface area contributed by atoms with E-state index in [0.717, 1.165) is 16.2 Å². The monoisotopic (exact) mass is 310 g/mol. The third kappa shape index (κ3) is 9.83. The highest BCUT2D eigenvalue weighted by Crippen LogP contribution is 2.14. The molecule has 0 aliphatic rings. The van der Waals surface area contributed by atoms with Crippen molar-refractivity contribution in [1.29, 1.82) is 0 Å². The molecule has 0 aromatic rings. The summed E-state index contributed by atoms with van der Waals surface area (Å²) in [5.74, 6) is -0.274. The SMILES string of the molecule is CCOC(=O)/C=C/CCC=C(Br)Br. The van der Waals surface area contributed by atoms with Crippen LogP contribution in [0.4, 0.5) is 0 Å². The van der Waals surface area contributed by atoms with Gasteiger partial charge in [-0.2, -0.15) is 0 Å². The summed E-state index contributed by atoms with van der Waals surface area (Å²) in [5, 5.41) is 0. The first-order valence-electron chi connectivity index (χ1n) is 4.01. The van der Waals surface area contributed by atoms with Crippen LogP contribution in [0.15, 0.2) is 21.6 Å². The number of ether oxygens (including phenoxy) is 1. The van der Waals surface area contributed by atoms with Crippen LogP contribution in [0.3, 0.4) is 0 Å². The highest BCUT2D eigenvalue weighted by molar-refractivity contribution is 9.28. The van der Waals surface area contributed by atoms with Gasteiger partial charge in [0.05, 0.1) is 10.00 Å². The van der Waals surface area contributed by atoms with Crippen molar-refractivity contribution in [1.82, 2.24) is 0 Å². The van der Waals surface area contributed by atoms with Crippen LogP contribution in [0, 0.1) is 0 Å². The summed E-state index contributed by atoms with van der Waals surface area (Å²) in [6, 6.07) is 0. The van der Waals surface area contributed by atoms with E-state index in [1.54, 1.807) is 13.0 Å². The molecule has 0 bridgehead atoms. The molecule has 0 fully saturated rings. The maximum absolute atomic E-state index is 10.8. The van der Waals surface area contributed by atoms with Gasteiger partial charge in [0.2, 0.25) is 0 Å². The molecule has 0 heterocycles. The Hall–Kier alpha value is -0.0900. The van der Waals surface area contributed by atoms with E-state index < -0.39 is 0 Å². The molecule has 0 rings (SSSR count). The Kier molecular flexibility index (Phi) is 8.45. The zero-order valence-electron chi connectivity index (χ0n) is 7.43. The number of hydrogen-bond acceptors (Lipinski definition) is 2. The lowest BCUT2D eigenvalue weighted by Gasteiger charge is -1.93. The van der Waals surface area contributed by atoms with E-state index in [4.69, 9.17) is 4.74 Å². The number of halogens is 2. The smallest absolute Gasteiger partial charge is 0.330 e. The third-order valence-electron chi connectivity index (χ3n) is 1.17. The first-order valence-corrected chi connectivity index (χ1v) is 5.60. The molecule has 2 nitrogen and oxygen atoms in total. The molecule has 0 N–H and O–H groups in total. The van der Waals surface area contributed by atoms with Crippen molar-refractivity contribution < 1.29 is 9.53 Å². The molecule has 0 aromatic heterocycles. The van der Waals surface area contributed by atoms with Crippen LogP contribution in [0.5, 0.6) is 0 Å². The van der Waals surface area contributed by atoms with E-state index in [-0.39, 0.29) is 5.97 Å². The average Bonchev–Trinajstić information content (AvgIpc) is 2.03. The van der Waals surface area contributed by atoms with Crippen LogP contribution in [0.2, 0.25) is 0 Å². The van der Waals surface area contributed by atoms with Gasteiger partial charge in [-0.25, -0.2) is 4.79 Å². The first-order chi connectivity index (χ1) is 6.16. The molecule has 0 saturated carbocycles. The second-order valence-corrected chi connectivity index (χ2v) is 5.00. The number of carbonyl (C=O) groups excluding carboxylic acids is 1. The van der Waals surface area contributed by atoms with Gasteiger partial charge in [0.25, 0.3) is 0 Å². The Bertz CT molecular complexity index is 206. The van der Waals surface area contributed by atoms with Crippen LogP contribution in [-0.2, 0) is 9.53 Å². The predicted molar refractivity (Wildman–Crippen MR) is 60.9 cm³/mol. The number of unbranched alkanes of at least 4 members (excludes halogenated alkanes) is 1. The fourth-order valence-electron chi connectivity index (χ4n) is 0.659. The molecule has 0 amide bonds. The summed E-state index contributed by atoms with van der Waals surface area (Å²) in [6.45, 7) is 2.21. The molecule has 0 spiro atoms.